The van der Waals surface area contributed by atoms with E-state index in [-0.39, 0.29) is 17.9 Å². The number of benzene rings is 2. The second-order valence-corrected chi connectivity index (χ2v) is 4.59. The predicted molar refractivity (Wildman–Crippen MR) is 80.7 cm³/mol. The molecule has 0 bridgehead atoms. The van der Waals surface area contributed by atoms with Gasteiger partial charge in [0.15, 0.2) is 5.78 Å². The molecule has 0 N–H and O–H groups in total. The molecule has 2 rings (SSSR count). The highest BCUT2D eigenvalue weighted by molar-refractivity contribution is 6.00. The quantitative estimate of drug-likeness (QED) is 0.465. The van der Waals surface area contributed by atoms with E-state index in [0.717, 1.165) is 0 Å². The Kier molecular flexibility index (Phi) is 4.73. The number of hydrogen-bond donors (Lipinski definition) is 0. The predicted octanol–water partition coefficient (Wildman–Crippen LogP) is 3.04. The fourth-order valence-electron chi connectivity index (χ4n) is 2.05. The summed E-state index contributed by atoms with van der Waals surface area (Å²) in [5.41, 5.74) is 1.15. The number of rotatable bonds is 6. The van der Waals surface area contributed by atoms with Crippen molar-refractivity contribution in [1.82, 2.24) is 0 Å². The van der Waals surface area contributed by atoms with Crippen molar-refractivity contribution in [3.8, 4) is 11.5 Å². The number of nitro groups is 1. The van der Waals surface area contributed by atoms with E-state index in [1.54, 1.807) is 30.3 Å². The highest BCUT2D eigenvalue weighted by Gasteiger charge is 2.14. The van der Waals surface area contributed by atoms with Crippen LogP contribution < -0.4 is 9.47 Å². The number of hydrogen-bond acceptors (Lipinski definition) is 5. The van der Waals surface area contributed by atoms with Crippen molar-refractivity contribution in [3.05, 3.63) is 63.7 Å². The first kappa shape index (κ1) is 15.5. The van der Waals surface area contributed by atoms with Crippen LogP contribution in [0.15, 0.2) is 42.5 Å². The summed E-state index contributed by atoms with van der Waals surface area (Å²) >= 11 is 0. The molecule has 0 radical (unpaired) electrons. The van der Waals surface area contributed by atoms with Gasteiger partial charge in [0.1, 0.15) is 11.5 Å². The SMILES string of the molecule is COc1ccc(C(=O)Cc2ccc([N+](=O)[O-])cc2)c(OC)c1. The lowest BCUT2D eigenvalue weighted by molar-refractivity contribution is -0.384. The van der Waals surface area contributed by atoms with Gasteiger partial charge in [-0.1, -0.05) is 12.1 Å². The largest absolute Gasteiger partial charge is 0.497 e. The Labute approximate surface area is 127 Å². The molecule has 0 saturated heterocycles. The molecule has 22 heavy (non-hydrogen) atoms. The van der Waals surface area contributed by atoms with E-state index in [0.29, 0.717) is 22.6 Å². The van der Waals surface area contributed by atoms with Crippen molar-refractivity contribution in [1.29, 1.82) is 0 Å². The van der Waals surface area contributed by atoms with Gasteiger partial charge in [-0.15, -0.1) is 0 Å². The lowest BCUT2D eigenvalue weighted by Crippen LogP contribution is -2.06. The Morgan fingerprint density at radius 1 is 1.09 bits per heavy atom. The summed E-state index contributed by atoms with van der Waals surface area (Å²) in [6.07, 6.45) is 0.140. The van der Waals surface area contributed by atoms with Gasteiger partial charge in [0, 0.05) is 24.6 Å². The molecule has 0 saturated carbocycles. The monoisotopic (exact) mass is 301 g/mol. The zero-order valence-electron chi connectivity index (χ0n) is 12.2. The topological polar surface area (TPSA) is 78.7 Å². The van der Waals surface area contributed by atoms with Crippen molar-refractivity contribution < 1.29 is 19.2 Å². The van der Waals surface area contributed by atoms with Crippen molar-refractivity contribution >= 4 is 11.5 Å². The molecule has 6 heteroatoms. The summed E-state index contributed by atoms with van der Waals surface area (Å²) in [6.45, 7) is 0. The van der Waals surface area contributed by atoms with Gasteiger partial charge in [-0.25, -0.2) is 0 Å². The van der Waals surface area contributed by atoms with Crippen LogP contribution in [-0.4, -0.2) is 24.9 Å². The summed E-state index contributed by atoms with van der Waals surface area (Å²) in [5.74, 6) is 0.906. The first-order valence-electron chi connectivity index (χ1n) is 6.53. The maximum Gasteiger partial charge on any atom is 0.269 e. The fraction of sp³-hybridized carbons (Fsp3) is 0.188. The summed E-state index contributed by atoms with van der Waals surface area (Å²) in [7, 11) is 3.02. The first-order chi connectivity index (χ1) is 10.5. The second-order valence-electron chi connectivity index (χ2n) is 4.59. The number of nitro benzene ring substituents is 1. The second kappa shape index (κ2) is 6.71. The number of nitrogens with zero attached hydrogens (tertiary/aromatic N) is 1. The Balaban J connectivity index is 2.20. The molecular formula is C16H15NO5. The molecular weight excluding hydrogens is 286 g/mol. The van der Waals surface area contributed by atoms with Crippen LogP contribution in [0.5, 0.6) is 11.5 Å². The van der Waals surface area contributed by atoms with Crippen molar-refractivity contribution in [2.45, 2.75) is 6.42 Å². The zero-order chi connectivity index (χ0) is 16.1. The minimum Gasteiger partial charge on any atom is -0.497 e. The van der Waals surface area contributed by atoms with Crippen LogP contribution >= 0.6 is 0 Å². The summed E-state index contributed by atoms with van der Waals surface area (Å²) in [5, 5.41) is 10.6. The first-order valence-corrected chi connectivity index (χ1v) is 6.53. The van der Waals surface area contributed by atoms with Crippen LogP contribution in [0.25, 0.3) is 0 Å². The summed E-state index contributed by atoms with van der Waals surface area (Å²) < 4.78 is 10.3. The highest BCUT2D eigenvalue weighted by atomic mass is 16.6. The molecule has 2 aromatic carbocycles. The van der Waals surface area contributed by atoms with Gasteiger partial charge < -0.3 is 9.47 Å². The number of ketones is 1. The van der Waals surface area contributed by atoms with Gasteiger partial charge in [0.2, 0.25) is 0 Å². The van der Waals surface area contributed by atoms with E-state index < -0.39 is 4.92 Å². The van der Waals surface area contributed by atoms with Crippen LogP contribution in [0.2, 0.25) is 0 Å². The van der Waals surface area contributed by atoms with Gasteiger partial charge >= 0.3 is 0 Å². The standard InChI is InChI=1S/C16H15NO5/c1-21-13-7-8-14(16(10-13)22-2)15(18)9-11-3-5-12(6-4-11)17(19)20/h3-8,10H,9H2,1-2H3. The van der Waals surface area contributed by atoms with Crippen LogP contribution in [0, 0.1) is 10.1 Å². The molecule has 2 aromatic rings. The molecule has 6 nitrogen and oxygen atoms in total. The average molecular weight is 301 g/mol. The third-order valence-electron chi connectivity index (χ3n) is 3.22. The molecule has 114 valence electrons. The van der Waals surface area contributed by atoms with Crippen molar-refractivity contribution in [3.63, 3.8) is 0 Å². The zero-order valence-corrected chi connectivity index (χ0v) is 12.2. The Morgan fingerprint density at radius 3 is 2.32 bits per heavy atom. The molecule has 0 aromatic heterocycles. The highest BCUT2D eigenvalue weighted by Crippen LogP contribution is 2.26. The van der Waals surface area contributed by atoms with E-state index in [4.69, 9.17) is 9.47 Å². The van der Waals surface area contributed by atoms with Gasteiger partial charge in [0.25, 0.3) is 5.69 Å². The smallest absolute Gasteiger partial charge is 0.269 e. The normalized spacial score (nSPS) is 10.1. The number of carbonyl (C=O) groups excluding carboxylic acids is 1. The number of carbonyl (C=O) groups is 1. The van der Waals surface area contributed by atoms with Crippen molar-refractivity contribution in [2.75, 3.05) is 14.2 Å². The molecule has 0 spiro atoms. The van der Waals surface area contributed by atoms with Crippen molar-refractivity contribution in [2.24, 2.45) is 0 Å². The van der Waals surface area contributed by atoms with E-state index in [1.165, 1.54) is 26.4 Å². The van der Waals surface area contributed by atoms with E-state index in [2.05, 4.69) is 0 Å². The lowest BCUT2D eigenvalue weighted by atomic mass is 10.0. The van der Waals surface area contributed by atoms with E-state index in [1.807, 2.05) is 0 Å². The maximum absolute atomic E-state index is 12.4. The molecule has 0 heterocycles. The molecule has 0 unspecified atom stereocenters. The maximum atomic E-state index is 12.4. The fourth-order valence-corrected chi connectivity index (χ4v) is 2.05. The third-order valence-corrected chi connectivity index (χ3v) is 3.22. The molecule has 0 amide bonds. The Bertz CT molecular complexity index is 694. The Morgan fingerprint density at radius 2 is 1.77 bits per heavy atom. The molecule has 0 aliphatic rings. The lowest BCUT2D eigenvalue weighted by Gasteiger charge is -2.09. The summed E-state index contributed by atoms with van der Waals surface area (Å²) in [4.78, 5) is 22.5. The van der Waals surface area contributed by atoms with Gasteiger partial charge in [-0.3, -0.25) is 14.9 Å². The molecule has 0 atom stereocenters. The van der Waals surface area contributed by atoms with Crippen LogP contribution in [-0.2, 0) is 6.42 Å². The molecule has 0 aliphatic carbocycles. The number of methoxy groups -OCH3 is 2. The van der Waals surface area contributed by atoms with Gasteiger partial charge in [0.05, 0.1) is 24.7 Å². The minimum atomic E-state index is -0.474. The van der Waals surface area contributed by atoms with Crippen LogP contribution in [0.3, 0.4) is 0 Å². The minimum absolute atomic E-state index is 0.00164. The van der Waals surface area contributed by atoms with E-state index in [9.17, 15) is 14.9 Å². The van der Waals surface area contributed by atoms with Crippen LogP contribution in [0.1, 0.15) is 15.9 Å². The molecule has 0 fully saturated rings. The third kappa shape index (κ3) is 3.41. The molecule has 0 aliphatic heterocycles. The number of ether oxygens (including phenoxy) is 2. The van der Waals surface area contributed by atoms with E-state index >= 15 is 0 Å². The number of Topliss-reactive ketones (excluding diaryl/α,β-unsaturated/α-hetero) is 1. The number of non-ortho nitro benzene ring substituents is 1. The summed E-state index contributed by atoms with van der Waals surface area (Å²) in [6, 6.07) is 10.9. The van der Waals surface area contributed by atoms with Gasteiger partial charge in [-0.05, 0) is 17.7 Å². The van der Waals surface area contributed by atoms with Crippen LogP contribution in [0.4, 0.5) is 5.69 Å². The average Bonchev–Trinajstić information content (AvgIpc) is 2.54. The Hall–Kier alpha value is -2.89. The van der Waals surface area contributed by atoms with Gasteiger partial charge in [-0.2, -0.15) is 0 Å².